The number of rotatable bonds is 3. The fourth-order valence-electron chi connectivity index (χ4n) is 1.56. The molecule has 1 aromatic heterocycles. The molecule has 1 aromatic carbocycles. The van der Waals surface area contributed by atoms with Gasteiger partial charge >= 0.3 is 0 Å². The van der Waals surface area contributed by atoms with Crippen LogP contribution in [0.4, 0.5) is 0 Å². The van der Waals surface area contributed by atoms with Gasteiger partial charge in [-0.15, -0.1) is 11.3 Å². The van der Waals surface area contributed by atoms with Crippen molar-refractivity contribution in [3.05, 3.63) is 49.4 Å². The lowest BCUT2D eigenvalue weighted by molar-refractivity contribution is 0.0993. The van der Waals surface area contributed by atoms with Crippen LogP contribution in [0.15, 0.2) is 18.2 Å². The van der Waals surface area contributed by atoms with E-state index in [0.29, 0.717) is 15.6 Å². The number of hydrogen-bond acceptors (Lipinski definition) is 3. The molecule has 0 N–H and O–H groups in total. The Morgan fingerprint density at radius 3 is 2.67 bits per heavy atom. The van der Waals surface area contributed by atoms with E-state index in [9.17, 15) is 4.79 Å². The summed E-state index contributed by atoms with van der Waals surface area (Å²) in [6.45, 7) is 3.93. The van der Waals surface area contributed by atoms with E-state index in [-0.39, 0.29) is 12.2 Å². The molecular formula is C13H11Cl2NOS. The van der Waals surface area contributed by atoms with Crippen molar-refractivity contribution in [1.29, 1.82) is 0 Å². The van der Waals surface area contributed by atoms with Crippen LogP contribution in [0.1, 0.15) is 25.9 Å². The quantitative estimate of drug-likeness (QED) is 0.782. The maximum atomic E-state index is 12.1. The molecule has 0 unspecified atom stereocenters. The number of hydrogen-bond donors (Lipinski definition) is 0. The Bertz CT molecular complexity index is 588. The van der Waals surface area contributed by atoms with E-state index in [1.54, 1.807) is 18.2 Å². The van der Waals surface area contributed by atoms with E-state index in [2.05, 4.69) is 4.98 Å². The molecule has 18 heavy (non-hydrogen) atoms. The molecule has 2 rings (SSSR count). The van der Waals surface area contributed by atoms with Crippen LogP contribution < -0.4 is 0 Å². The summed E-state index contributed by atoms with van der Waals surface area (Å²) in [5, 5.41) is 1.75. The molecule has 1 heterocycles. The lowest BCUT2D eigenvalue weighted by Crippen LogP contribution is -2.04. The van der Waals surface area contributed by atoms with Crippen LogP contribution >= 0.6 is 34.5 Å². The number of carbonyl (C=O) groups excluding carboxylic acids is 1. The molecule has 0 amide bonds. The van der Waals surface area contributed by atoms with Crippen molar-refractivity contribution in [3.63, 3.8) is 0 Å². The Hall–Kier alpha value is -0.900. The average Bonchev–Trinajstić information content (AvgIpc) is 2.61. The molecule has 0 aliphatic carbocycles. The highest BCUT2D eigenvalue weighted by atomic mass is 35.5. The molecule has 94 valence electrons. The summed E-state index contributed by atoms with van der Waals surface area (Å²) in [6.07, 6.45) is 0.263. The van der Waals surface area contributed by atoms with E-state index in [0.717, 1.165) is 15.6 Å². The van der Waals surface area contributed by atoms with Crippen LogP contribution in [-0.2, 0) is 6.42 Å². The molecule has 0 spiro atoms. The number of thiazole rings is 1. The van der Waals surface area contributed by atoms with Gasteiger partial charge in [-0.3, -0.25) is 4.79 Å². The predicted octanol–water partition coefficient (Wildman–Crippen LogP) is 4.49. The third-order valence-electron chi connectivity index (χ3n) is 2.61. The van der Waals surface area contributed by atoms with Gasteiger partial charge in [0.05, 0.1) is 17.1 Å². The summed E-state index contributed by atoms with van der Waals surface area (Å²) in [6, 6.07) is 4.90. The molecule has 5 heteroatoms. The fraction of sp³-hybridized carbons (Fsp3) is 0.231. The largest absolute Gasteiger partial charge is 0.294 e. The molecule has 0 atom stereocenters. The van der Waals surface area contributed by atoms with Gasteiger partial charge in [-0.1, -0.05) is 23.2 Å². The van der Waals surface area contributed by atoms with Gasteiger partial charge in [0.2, 0.25) is 0 Å². The van der Waals surface area contributed by atoms with Gasteiger partial charge in [0.15, 0.2) is 5.78 Å². The van der Waals surface area contributed by atoms with Gasteiger partial charge in [-0.05, 0) is 32.0 Å². The van der Waals surface area contributed by atoms with Gasteiger partial charge < -0.3 is 0 Å². The first-order valence-electron chi connectivity index (χ1n) is 5.38. The molecule has 0 saturated heterocycles. The Morgan fingerprint density at radius 1 is 1.33 bits per heavy atom. The second-order valence-corrected chi connectivity index (χ2v) is 6.10. The van der Waals surface area contributed by atoms with E-state index in [4.69, 9.17) is 23.2 Å². The van der Waals surface area contributed by atoms with Crippen molar-refractivity contribution in [3.8, 4) is 0 Å². The molecule has 2 aromatic rings. The summed E-state index contributed by atoms with van der Waals surface area (Å²) >= 11 is 13.4. The smallest absolute Gasteiger partial charge is 0.171 e. The maximum absolute atomic E-state index is 12.1. The highest BCUT2D eigenvalue weighted by Gasteiger charge is 2.14. The van der Waals surface area contributed by atoms with Gasteiger partial charge in [-0.25, -0.2) is 4.98 Å². The number of aryl methyl sites for hydroxylation is 2. The molecule has 0 aliphatic rings. The molecule has 2 nitrogen and oxygen atoms in total. The van der Waals surface area contributed by atoms with Crippen molar-refractivity contribution in [2.75, 3.05) is 0 Å². The number of aromatic nitrogens is 1. The van der Waals surface area contributed by atoms with Crippen molar-refractivity contribution < 1.29 is 4.79 Å². The first-order valence-corrected chi connectivity index (χ1v) is 6.96. The number of nitrogens with zero attached hydrogens (tertiary/aromatic N) is 1. The first-order chi connectivity index (χ1) is 8.47. The van der Waals surface area contributed by atoms with Gasteiger partial charge in [0.25, 0.3) is 0 Å². The van der Waals surface area contributed by atoms with Crippen molar-refractivity contribution in [2.45, 2.75) is 20.3 Å². The summed E-state index contributed by atoms with van der Waals surface area (Å²) in [7, 11) is 0. The van der Waals surface area contributed by atoms with E-state index >= 15 is 0 Å². The molecule has 0 radical (unpaired) electrons. The SMILES string of the molecule is Cc1nc(CC(=O)c2cc(Cl)ccc2Cl)sc1C. The maximum Gasteiger partial charge on any atom is 0.171 e. The lowest BCUT2D eigenvalue weighted by atomic mass is 10.1. The monoisotopic (exact) mass is 299 g/mol. The topological polar surface area (TPSA) is 30.0 Å². The fourth-order valence-corrected chi connectivity index (χ4v) is 2.89. The van der Waals surface area contributed by atoms with Crippen LogP contribution in [0.5, 0.6) is 0 Å². The number of halogens is 2. The Kier molecular flexibility index (Phi) is 4.05. The van der Waals surface area contributed by atoms with Crippen molar-refractivity contribution in [2.24, 2.45) is 0 Å². The van der Waals surface area contributed by atoms with Crippen LogP contribution in [0.2, 0.25) is 10.0 Å². The van der Waals surface area contributed by atoms with Crippen molar-refractivity contribution in [1.82, 2.24) is 4.98 Å². The molecular weight excluding hydrogens is 289 g/mol. The number of ketones is 1. The molecule has 0 saturated carbocycles. The number of carbonyl (C=O) groups is 1. The second-order valence-electron chi connectivity index (χ2n) is 3.97. The van der Waals surface area contributed by atoms with Crippen molar-refractivity contribution >= 4 is 40.3 Å². The van der Waals surface area contributed by atoms with E-state index in [1.807, 2.05) is 13.8 Å². The number of Topliss-reactive ketones (excluding diaryl/α,β-unsaturated/α-hetero) is 1. The minimum Gasteiger partial charge on any atom is -0.294 e. The summed E-state index contributed by atoms with van der Waals surface area (Å²) in [4.78, 5) is 17.6. The number of benzene rings is 1. The average molecular weight is 300 g/mol. The Labute approximate surface area is 120 Å². The first kappa shape index (κ1) is 13.5. The van der Waals surface area contributed by atoms with Gasteiger partial charge in [-0.2, -0.15) is 0 Å². The Balaban J connectivity index is 2.24. The zero-order chi connectivity index (χ0) is 13.3. The summed E-state index contributed by atoms with van der Waals surface area (Å²) < 4.78 is 0. The standard InChI is InChI=1S/C13H11Cl2NOS/c1-7-8(2)18-13(16-7)6-12(17)10-5-9(14)3-4-11(10)15/h3-5H,6H2,1-2H3. The van der Waals surface area contributed by atoms with Crippen LogP contribution in [-0.4, -0.2) is 10.8 Å². The Morgan fingerprint density at radius 2 is 2.06 bits per heavy atom. The zero-order valence-corrected chi connectivity index (χ0v) is 12.3. The minimum atomic E-state index is -0.0590. The van der Waals surface area contributed by atoms with Crippen LogP contribution in [0.25, 0.3) is 0 Å². The molecule has 0 aliphatic heterocycles. The summed E-state index contributed by atoms with van der Waals surface area (Å²) in [5.41, 5.74) is 1.43. The lowest BCUT2D eigenvalue weighted by Gasteiger charge is -2.02. The van der Waals surface area contributed by atoms with Gasteiger partial charge in [0.1, 0.15) is 5.01 Å². The highest BCUT2D eigenvalue weighted by molar-refractivity contribution is 7.11. The third-order valence-corrected chi connectivity index (χ3v) is 4.25. The van der Waals surface area contributed by atoms with Gasteiger partial charge in [0, 0.05) is 15.5 Å². The van der Waals surface area contributed by atoms with E-state index in [1.165, 1.54) is 11.3 Å². The normalized spacial score (nSPS) is 10.7. The second kappa shape index (κ2) is 5.39. The predicted molar refractivity (Wildman–Crippen MR) is 76.1 cm³/mol. The summed E-state index contributed by atoms with van der Waals surface area (Å²) in [5.74, 6) is -0.0590. The molecule has 0 fully saturated rings. The van der Waals surface area contributed by atoms with E-state index < -0.39 is 0 Å². The minimum absolute atomic E-state index is 0.0590. The van der Waals surface area contributed by atoms with Crippen LogP contribution in [0.3, 0.4) is 0 Å². The van der Waals surface area contributed by atoms with Crippen LogP contribution in [0, 0.1) is 13.8 Å². The zero-order valence-electron chi connectivity index (χ0n) is 9.96. The molecule has 0 bridgehead atoms. The highest BCUT2D eigenvalue weighted by Crippen LogP contribution is 2.24. The third kappa shape index (κ3) is 2.91.